The molecule has 3 nitrogen and oxygen atoms in total. The highest BCUT2D eigenvalue weighted by atomic mass is 16.5. The van der Waals surface area contributed by atoms with Gasteiger partial charge in [-0.15, -0.1) is 0 Å². The second-order valence-corrected chi connectivity index (χ2v) is 4.92. The molecular formula is C12H26N2O. The first-order valence-corrected chi connectivity index (χ1v) is 6.15. The largest absolute Gasteiger partial charge is 0.382 e. The van der Waals surface area contributed by atoms with Gasteiger partial charge in [0, 0.05) is 32.8 Å². The van der Waals surface area contributed by atoms with Gasteiger partial charge in [-0.05, 0) is 38.8 Å². The molecule has 1 aliphatic heterocycles. The van der Waals surface area contributed by atoms with E-state index >= 15 is 0 Å². The lowest BCUT2D eigenvalue weighted by Gasteiger charge is -2.24. The van der Waals surface area contributed by atoms with Crippen LogP contribution in [-0.4, -0.2) is 51.3 Å². The molecule has 15 heavy (non-hydrogen) atoms. The summed E-state index contributed by atoms with van der Waals surface area (Å²) in [4.78, 5) is 2.57. The molecular weight excluding hydrogens is 188 g/mol. The van der Waals surface area contributed by atoms with Crippen LogP contribution in [0.1, 0.15) is 26.7 Å². The molecule has 1 rings (SSSR count). The van der Waals surface area contributed by atoms with Crippen molar-refractivity contribution in [2.24, 2.45) is 5.41 Å². The minimum absolute atomic E-state index is 0.486. The molecule has 0 bridgehead atoms. The maximum Gasteiger partial charge on any atom is 0.0478 e. The summed E-state index contributed by atoms with van der Waals surface area (Å²) >= 11 is 0. The standard InChI is InChI=1S/C12H26N2O/c1-4-15-9-5-7-14-8-6-12(2,11-14)10-13-3/h13H,4-11H2,1-3H3. The Morgan fingerprint density at radius 2 is 2.27 bits per heavy atom. The molecule has 1 N–H and O–H groups in total. The number of likely N-dealkylation sites (tertiary alicyclic amines) is 1. The molecule has 90 valence electrons. The van der Waals surface area contributed by atoms with Crippen LogP contribution < -0.4 is 5.32 Å². The predicted molar refractivity (Wildman–Crippen MR) is 64.2 cm³/mol. The second kappa shape index (κ2) is 6.46. The molecule has 1 fully saturated rings. The van der Waals surface area contributed by atoms with E-state index in [0.29, 0.717) is 5.41 Å². The minimum atomic E-state index is 0.486. The Hall–Kier alpha value is -0.120. The van der Waals surface area contributed by atoms with Crippen LogP contribution in [-0.2, 0) is 4.74 Å². The number of rotatable bonds is 7. The number of hydrogen-bond acceptors (Lipinski definition) is 3. The van der Waals surface area contributed by atoms with Crippen molar-refractivity contribution >= 4 is 0 Å². The van der Waals surface area contributed by atoms with Crippen molar-refractivity contribution in [2.45, 2.75) is 26.7 Å². The molecule has 1 heterocycles. The van der Waals surface area contributed by atoms with E-state index in [1.54, 1.807) is 0 Å². The molecule has 0 amide bonds. The molecule has 1 aliphatic rings. The van der Waals surface area contributed by atoms with E-state index in [9.17, 15) is 0 Å². The summed E-state index contributed by atoms with van der Waals surface area (Å²) in [5, 5.41) is 3.30. The van der Waals surface area contributed by atoms with Crippen molar-refractivity contribution in [3.8, 4) is 0 Å². The van der Waals surface area contributed by atoms with Crippen molar-refractivity contribution in [3.63, 3.8) is 0 Å². The Balaban J connectivity index is 2.13. The van der Waals surface area contributed by atoms with Crippen LogP contribution in [0.25, 0.3) is 0 Å². The minimum Gasteiger partial charge on any atom is -0.382 e. The van der Waals surface area contributed by atoms with Crippen molar-refractivity contribution in [3.05, 3.63) is 0 Å². The first-order chi connectivity index (χ1) is 7.20. The quantitative estimate of drug-likeness (QED) is 0.647. The summed E-state index contributed by atoms with van der Waals surface area (Å²) < 4.78 is 5.35. The van der Waals surface area contributed by atoms with Gasteiger partial charge in [0.05, 0.1) is 0 Å². The average Bonchev–Trinajstić information content (AvgIpc) is 2.56. The van der Waals surface area contributed by atoms with Crippen LogP contribution in [0.5, 0.6) is 0 Å². The van der Waals surface area contributed by atoms with Gasteiger partial charge in [-0.3, -0.25) is 0 Å². The summed E-state index contributed by atoms with van der Waals surface area (Å²) in [5.74, 6) is 0. The highest BCUT2D eigenvalue weighted by Crippen LogP contribution is 2.28. The lowest BCUT2D eigenvalue weighted by Crippen LogP contribution is -2.33. The maximum absolute atomic E-state index is 5.35. The molecule has 3 heteroatoms. The topological polar surface area (TPSA) is 24.5 Å². The van der Waals surface area contributed by atoms with Gasteiger partial charge >= 0.3 is 0 Å². The second-order valence-electron chi connectivity index (χ2n) is 4.92. The van der Waals surface area contributed by atoms with E-state index in [-0.39, 0.29) is 0 Å². The fourth-order valence-corrected chi connectivity index (χ4v) is 2.42. The Labute approximate surface area is 94.2 Å². The van der Waals surface area contributed by atoms with Crippen molar-refractivity contribution in [2.75, 3.05) is 46.4 Å². The van der Waals surface area contributed by atoms with Crippen LogP contribution in [0.15, 0.2) is 0 Å². The van der Waals surface area contributed by atoms with Crippen molar-refractivity contribution in [1.29, 1.82) is 0 Å². The fourth-order valence-electron chi connectivity index (χ4n) is 2.42. The number of nitrogens with one attached hydrogen (secondary N) is 1. The van der Waals surface area contributed by atoms with Gasteiger partial charge in [-0.1, -0.05) is 6.92 Å². The summed E-state index contributed by atoms with van der Waals surface area (Å²) in [6.07, 6.45) is 2.49. The first-order valence-electron chi connectivity index (χ1n) is 6.15. The molecule has 0 spiro atoms. The van der Waals surface area contributed by atoms with Crippen LogP contribution in [0.4, 0.5) is 0 Å². The molecule has 1 saturated heterocycles. The SMILES string of the molecule is CCOCCCN1CCC(C)(CNC)C1. The third kappa shape index (κ3) is 4.49. The van der Waals surface area contributed by atoms with Crippen molar-refractivity contribution in [1.82, 2.24) is 10.2 Å². The Bertz CT molecular complexity index is 175. The Morgan fingerprint density at radius 1 is 1.47 bits per heavy atom. The lowest BCUT2D eigenvalue weighted by atomic mass is 9.90. The summed E-state index contributed by atoms with van der Waals surface area (Å²) in [6, 6.07) is 0. The van der Waals surface area contributed by atoms with Crippen molar-refractivity contribution < 1.29 is 4.74 Å². The summed E-state index contributed by atoms with van der Waals surface area (Å²) in [6.45, 7) is 11.0. The third-order valence-electron chi connectivity index (χ3n) is 3.21. The number of ether oxygens (including phenoxy) is 1. The van der Waals surface area contributed by atoms with Crippen LogP contribution in [0.2, 0.25) is 0 Å². The number of nitrogens with zero attached hydrogens (tertiary/aromatic N) is 1. The Morgan fingerprint density at radius 3 is 2.93 bits per heavy atom. The zero-order valence-electron chi connectivity index (χ0n) is 10.5. The summed E-state index contributed by atoms with van der Waals surface area (Å²) in [7, 11) is 2.04. The molecule has 1 unspecified atom stereocenters. The molecule has 0 saturated carbocycles. The molecule has 0 aliphatic carbocycles. The van der Waals surface area contributed by atoms with Crippen LogP contribution in [0, 0.1) is 5.41 Å². The molecule has 0 radical (unpaired) electrons. The smallest absolute Gasteiger partial charge is 0.0478 e. The monoisotopic (exact) mass is 214 g/mol. The third-order valence-corrected chi connectivity index (χ3v) is 3.21. The van der Waals surface area contributed by atoms with Gasteiger partial charge in [0.25, 0.3) is 0 Å². The number of hydrogen-bond donors (Lipinski definition) is 1. The molecule has 0 aromatic rings. The molecule has 0 aromatic heterocycles. The molecule has 1 atom stereocenters. The van der Waals surface area contributed by atoms with Gasteiger partial charge in [0.1, 0.15) is 0 Å². The predicted octanol–water partition coefficient (Wildman–Crippen LogP) is 1.34. The van der Waals surface area contributed by atoms with Crippen LogP contribution >= 0.6 is 0 Å². The highest BCUT2D eigenvalue weighted by Gasteiger charge is 2.32. The fraction of sp³-hybridized carbons (Fsp3) is 1.00. The van der Waals surface area contributed by atoms with E-state index in [4.69, 9.17) is 4.74 Å². The zero-order chi connectivity index (χ0) is 11.1. The molecule has 0 aromatic carbocycles. The van der Waals surface area contributed by atoms with E-state index < -0.39 is 0 Å². The average molecular weight is 214 g/mol. The van der Waals surface area contributed by atoms with Gasteiger partial charge in [0.2, 0.25) is 0 Å². The Kier molecular flexibility index (Phi) is 5.58. The zero-order valence-corrected chi connectivity index (χ0v) is 10.5. The summed E-state index contributed by atoms with van der Waals surface area (Å²) in [5.41, 5.74) is 0.486. The van der Waals surface area contributed by atoms with E-state index in [1.165, 1.54) is 32.5 Å². The van der Waals surface area contributed by atoms with Gasteiger partial charge < -0.3 is 15.0 Å². The van der Waals surface area contributed by atoms with Gasteiger partial charge in [-0.2, -0.15) is 0 Å². The van der Waals surface area contributed by atoms with E-state index in [0.717, 1.165) is 19.8 Å². The van der Waals surface area contributed by atoms with Gasteiger partial charge in [0.15, 0.2) is 0 Å². The van der Waals surface area contributed by atoms with Gasteiger partial charge in [-0.25, -0.2) is 0 Å². The normalized spacial score (nSPS) is 27.4. The van der Waals surface area contributed by atoms with Crippen LogP contribution in [0.3, 0.4) is 0 Å². The van der Waals surface area contributed by atoms with E-state index in [1.807, 2.05) is 7.05 Å². The van der Waals surface area contributed by atoms with E-state index in [2.05, 4.69) is 24.1 Å². The highest BCUT2D eigenvalue weighted by molar-refractivity contribution is 4.87. The first kappa shape index (κ1) is 12.9. The lowest BCUT2D eigenvalue weighted by molar-refractivity contribution is 0.133. The maximum atomic E-state index is 5.35.